The molecule has 0 spiro atoms. The number of carbonyl (C=O) groups excluding carboxylic acids is 2. The lowest BCUT2D eigenvalue weighted by molar-refractivity contribution is -0.113. The molecular weight excluding hydrogens is 350 g/mol. The first kappa shape index (κ1) is 17.8. The summed E-state index contributed by atoms with van der Waals surface area (Å²) in [6.45, 7) is 1.50. The molecule has 2 heterocycles. The van der Waals surface area contributed by atoms with Crippen LogP contribution in [0.4, 0.5) is 5.69 Å². The smallest absolute Gasteiger partial charge is 0.234 e. The van der Waals surface area contributed by atoms with Crippen molar-refractivity contribution in [1.82, 2.24) is 19.7 Å². The quantitative estimate of drug-likeness (QED) is 0.532. The molecule has 1 amide bonds. The fraction of sp³-hybridized carbons (Fsp3) is 0.167. The number of carbonyl (C=O) groups is 2. The van der Waals surface area contributed by atoms with E-state index < -0.39 is 0 Å². The number of thioether (sulfide) groups is 1. The molecule has 0 aliphatic rings. The van der Waals surface area contributed by atoms with E-state index in [1.165, 1.54) is 18.7 Å². The fourth-order valence-electron chi connectivity index (χ4n) is 2.30. The van der Waals surface area contributed by atoms with Crippen molar-refractivity contribution in [3.8, 4) is 11.4 Å². The maximum atomic E-state index is 12.1. The van der Waals surface area contributed by atoms with Gasteiger partial charge in [0.2, 0.25) is 5.91 Å². The average Bonchev–Trinajstić information content (AvgIpc) is 3.02. The number of rotatable bonds is 6. The SMILES string of the molecule is CC(=O)c1ccc(NC(=O)CSc2nnc(-c3cccnc3)n2C)cc1. The minimum absolute atomic E-state index is 0.00913. The van der Waals surface area contributed by atoms with Gasteiger partial charge in [-0.3, -0.25) is 14.6 Å². The van der Waals surface area contributed by atoms with Crippen LogP contribution in [0.15, 0.2) is 53.9 Å². The van der Waals surface area contributed by atoms with E-state index in [2.05, 4.69) is 20.5 Å². The molecule has 0 bridgehead atoms. The third-order valence-electron chi connectivity index (χ3n) is 3.66. The Hall–Kier alpha value is -3.00. The van der Waals surface area contributed by atoms with Gasteiger partial charge in [-0.2, -0.15) is 0 Å². The maximum Gasteiger partial charge on any atom is 0.234 e. The van der Waals surface area contributed by atoms with Gasteiger partial charge < -0.3 is 9.88 Å². The highest BCUT2D eigenvalue weighted by molar-refractivity contribution is 7.99. The van der Waals surface area contributed by atoms with Crippen LogP contribution in [-0.4, -0.2) is 37.2 Å². The molecule has 26 heavy (non-hydrogen) atoms. The summed E-state index contributed by atoms with van der Waals surface area (Å²) in [6, 6.07) is 10.5. The van der Waals surface area contributed by atoms with Gasteiger partial charge in [0.1, 0.15) is 0 Å². The van der Waals surface area contributed by atoms with Crippen molar-refractivity contribution in [2.24, 2.45) is 7.05 Å². The number of ketones is 1. The number of nitrogens with one attached hydrogen (secondary N) is 1. The largest absolute Gasteiger partial charge is 0.325 e. The summed E-state index contributed by atoms with van der Waals surface area (Å²) in [5.74, 6) is 0.732. The number of amides is 1. The molecule has 0 radical (unpaired) electrons. The molecule has 0 atom stereocenters. The predicted octanol–water partition coefficient (Wildman–Crippen LogP) is 2.81. The van der Waals surface area contributed by atoms with E-state index >= 15 is 0 Å². The first-order chi connectivity index (χ1) is 12.5. The third-order valence-corrected chi connectivity index (χ3v) is 4.68. The first-order valence-electron chi connectivity index (χ1n) is 7.88. The molecule has 0 saturated heterocycles. The van der Waals surface area contributed by atoms with Crippen LogP contribution in [0.5, 0.6) is 0 Å². The number of benzene rings is 1. The monoisotopic (exact) mass is 367 g/mol. The molecule has 1 aromatic carbocycles. The van der Waals surface area contributed by atoms with Gasteiger partial charge in [-0.1, -0.05) is 11.8 Å². The maximum absolute atomic E-state index is 12.1. The van der Waals surface area contributed by atoms with Crippen LogP contribution in [0.3, 0.4) is 0 Å². The molecule has 0 unspecified atom stereocenters. The van der Waals surface area contributed by atoms with Crippen LogP contribution in [-0.2, 0) is 11.8 Å². The summed E-state index contributed by atoms with van der Waals surface area (Å²) in [7, 11) is 1.85. The van der Waals surface area contributed by atoms with E-state index in [1.54, 1.807) is 36.7 Å². The lowest BCUT2D eigenvalue weighted by Gasteiger charge is -2.06. The van der Waals surface area contributed by atoms with Crippen LogP contribution in [0, 0.1) is 0 Å². The van der Waals surface area contributed by atoms with Crippen molar-refractivity contribution in [1.29, 1.82) is 0 Å². The van der Waals surface area contributed by atoms with E-state index in [4.69, 9.17) is 0 Å². The van der Waals surface area contributed by atoms with Crippen LogP contribution in [0.1, 0.15) is 17.3 Å². The van der Waals surface area contributed by atoms with Crippen molar-refractivity contribution in [3.05, 3.63) is 54.4 Å². The second kappa shape index (κ2) is 7.92. The number of pyridine rings is 1. The van der Waals surface area contributed by atoms with Crippen LogP contribution in [0.2, 0.25) is 0 Å². The molecule has 0 saturated carbocycles. The van der Waals surface area contributed by atoms with Crippen LogP contribution in [0.25, 0.3) is 11.4 Å². The molecule has 0 aliphatic carbocycles. The Kier molecular flexibility index (Phi) is 5.43. The highest BCUT2D eigenvalue weighted by atomic mass is 32.2. The molecule has 7 nitrogen and oxygen atoms in total. The van der Waals surface area contributed by atoms with E-state index in [1.807, 2.05) is 23.7 Å². The average molecular weight is 367 g/mol. The Balaban J connectivity index is 1.60. The zero-order valence-corrected chi connectivity index (χ0v) is 15.2. The van der Waals surface area contributed by atoms with Gasteiger partial charge in [-0.25, -0.2) is 0 Å². The summed E-state index contributed by atoms with van der Waals surface area (Å²) in [4.78, 5) is 27.5. The van der Waals surface area contributed by atoms with Gasteiger partial charge in [0.15, 0.2) is 16.8 Å². The second-order valence-corrected chi connectivity index (χ2v) is 6.52. The normalized spacial score (nSPS) is 10.5. The highest BCUT2D eigenvalue weighted by Crippen LogP contribution is 2.22. The lowest BCUT2D eigenvalue weighted by atomic mass is 10.1. The van der Waals surface area contributed by atoms with Crippen molar-refractivity contribution in [3.63, 3.8) is 0 Å². The number of anilines is 1. The molecule has 0 fully saturated rings. The van der Waals surface area contributed by atoms with Crippen molar-refractivity contribution < 1.29 is 9.59 Å². The van der Waals surface area contributed by atoms with Gasteiger partial charge in [-0.15, -0.1) is 10.2 Å². The topological polar surface area (TPSA) is 89.8 Å². The first-order valence-corrected chi connectivity index (χ1v) is 8.86. The number of Topliss-reactive ketones (excluding diaryl/α,β-unsaturated/α-hetero) is 1. The summed E-state index contributed by atoms with van der Waals surface area (Å²) in [6.07, 6.45) is 3.42. The van der Waals surface area contributed by atoms with E-state index in [0.717, 1.165) is 5.56 Å². The minimum Gasteiger partial charge on any atom is -0.325 e. The standard InChI is InChI=1S/C18H17N5O2S/c1-12(24)13-5-7-15(8-6-13)20-16(25)11-26-18-22-21-17(23(18)2)14-4-3-9-19-10-14/h3-10H,11H2,1-2H3,(H,20,25). The number of hydrogen-bond acceptors (Lipinski definition) is 6. The summed E-state index contributed by atoms with van der Waals surface area (Å²) < 4.78 is 1.83. The number of aromatic nitrogens is 4. The molecule has 1 N–H and O–H groups in total. The summed E-state index contributed by atoms with van der Waals surface area (Å²) in [5.41, 5.74) is 2.12. The lowest BCUT2D eigenvalue weighted by Crippen LogP contribution is -2.14. The van der Waals surface area contributed by atoms with Gasteiger partial charge >= 0.3 is 0 Å². The minimum atomic E-state index is -0.156. The van der Waals surface area contributed by atoms with Crippen molar-refractivity contribution >= 4 is 29.1 Å². The molecule has 3 rings (SSSR count). The van der Waals surface area contributed by atoms with Gasteiger partial charge in [0.05, 0.1) is 5.75 Å². The summed E-state index contributed by atoms with van der Waals surface area (Å²) in [5, 5.41) is 11.7. The van der Waals surface area contributed by atoms with Crippen LogP contribution < -0.4 is 5.32 Å². The Morgan fingerprint density at radius 1 is 1.15 bits per heavy atom. The zero-order valence-electron chi connectivity index (χ0n) is 14.3. The number of hydrogen-bond donors (Lipinski definition) is 1. The van der Waals surface area contributed by atoms with Crippen LogP contribution >= 0.6 is 11.8 Å². The second-order valence-electron chi connectivity index (χ2n) is 5.58. The predicted molar refractivity (Wildman–Crippen MR) is 100 cm³/mol. The molecule has 2 aromatic heterocycles. The van der Waals surface area contributed by atoms with Gasteiger partial charge in [-0.05, 0) is 43.3 Å². The Morgan fingerprint density at radius 3 is 2.58 bits per heavy atom. The Bertz CT molecular complexity index is 923. The van der Waals surface area contributed by atoms with Crippen molar-refractivity contribution in [2.45, 2.75) is 12.1 Å². The zero-order chi connectivity index (χ0) is 18.5. The Morgan fingerprint density at radius 2 is 1.92 bits per heavy atom. The van der Waals surface area contributed by atoms with E-state index in [0.29, 0.717) is 22.2 Å². The van der Waals surface area contributed by atoms with Crippen molar-refractivity contribution in [2.75, 3.05) is 11.1 Å². The summed E-state index contributed by atoms with van der Waals surface area (Å²) >= 11 is 1.30. The van der Waals surface area contributed by atoms with E-state index in [-0.39, 0.29) is 17.4 Å². The molecule has 3 aromatic rings. The van der Waals surface area contributed by atoms with E-state index in [9.17, 15) is 9.59 Å². The fourth-order valence-corrected chi connectivity index (χ4v) is 3.01. The molecule has 8 heteroatoms. The molecule has 132 valence electrons. The molecule has 0 aliphatic heterocycles. The Labute approximate surface area is 154 Å². The van der Waals surface area contributed by atoms with Gasteiger partial charge in [0.25, 0.3) is 0 Å². The highest BCUT2D eigenvalue weighted by Gasteiger charge is 2.13. The third kappa shape index (κ3) is 4.15. The number of nitrogens with zero attached hydrogens (tertiary/aromatic N) is 4. The van der Waals surface area contributed by atoms with Gasteiger partial charge in [0, 0.05) is 36.3 Å². The molecular formula is C18H17N5O2S.